The van der Waals surface area contributed by atoms with Crippen LogP contribution in [0.4, 0.5) is 0 Å². The molecule has 0 saturated heterocycles. The zero-order valence-electron chi connectivity index (χ0n) is 16.4. The smallest absolute Gasteiger partial charge is 0.246 e. The number of rotatable bonds is 2. The summed E-state index contributed by atoms with van der Waals surface area (Å²) in [5.41, 5.74) is 3.22. The van der Waals surface area contributed by atoms with E-state index < -0.39 is 0 Å². The summed E-state index contributed by atoms with van der Waals surface area (Å²) in [6.45, 7) is 10.8. The number of hydrogen-bond acceptors (Lipinski definition) is 4. The Balaban J connectivity index is 0.000000186. The Kier molecular flexibility index (Phi) is 8.48. The first-order chi connectivity index (χ1) is 13.6. The maximum Gasteiger partial charge on any atom is 0.246 e. The van der Waals surface area contributed by atoms with Gasteiger partial charge in [-0.05, 0) is 43.2 Å². The standard InChI is InChI=1S/C10H10ClNOS.C10H9NO.C2H6/c1-2-10(13)12-4-3-7-5-9(11)14-8(7)6-12;1-8-7-12-10(11-8)9-5-3-2-4-6-9;1-2/h2,5H,1,3-4,6H2;2-7H,1H3;1-2H3. The van der Waals surface area contributed by atoms with Gasteiger partial charge in [0.25, 0.3) is 0 Å². The van der Waals surface area contributed by atoms with E-state index in [0.717, 1.165) is 28.6 Å². The number of fused-ring (bicyclic) bond motifs is 1. The molecular formula is C22H25ClN2O2S. The summed E-state index contributed by atoms with van der Waals surface area (Å²) in [4.78, 5) is 18.6. The zero-order valence-corrected chi connectivity index (χ0v) is 18.0. The van der Waals surface area contributed by atoms with E-state index in [1.807, 2.05) is 57.2 Å². The fourth-order valence-corrected chi connectivity index (χ4v) is 4.03. The number of benzene rings is 1. The molecular weight excluding hydrogens is 392 g/mol. The third-order valence-corrected chi connectivity index (χ3v) is 5.27. The molecule has 148 valence electrons. The second kappa shape index (κ2) is 10.8. The molecule has 6 heteroatoms. The SMILES string of the molecule is C=CC(=O)N1CCc2cc(Cl)sc2C1.CC.Cc1coc(-c2ccccc2)n1. The molecule has 4 rings (SSSR count). The molecule has 0 radical (unpaired) electrons. The molecule has 0 spiro atoms. The van der Waals surface area contributed by atoms with E-state index in [-0.39, 0.29) is 5.91 Å². The quantitative estimate of drug-likeness (QED) is 0.471. The number of nitrogens with zero attached hydrogens (tertiary/aromatic N) is 2. The summed E-state index contributed by atoms with van der Waals surface area (Å²) in [6, 6.07) is 11.9. The van der Waals surface area contributed by atoms with Gasteiger partial charge in [-0.2, -0.15) is 0 Å². The van der Waals surface area contributed by atoms with Crippen molar-refractivity contribution in [2.24, 2.45) is 0 Å². The highest BCUT2D eigenvalue weighted by molar-refractivity contribution is 7.16. The topological polar surface area (TPSA) is 46.3 Å². The van der Waals surface area contributed by atoms with Crippen molar-refractivity contribution in [3.8, 4) is 11.5 Å². The average Bonchev–Trinajstić information content (AvgIpc) is 3.34. The Morgan fingerprint density at radius 1 is 1.32 bits per heavy atom. The van der Waals surface area contributed by atoms with Crippen molar-refractivity contribution in [2.45, 2.75) is 33.7 Å². The third kappa shape index (κ3) is 5.81. The van der Waals surface area contributed by atoms with Crippen LogP contribution in [0, 0.1) is 6.92 Å². The van der Waals surface area contributed by atoms with Crippen molar-refractivity contribution < 1.29 is 9.21 Å². The first kappa shape index (κ1) is 21.9. The predicted molar refractivity (Wildman–Crippen MR) is 117 cm³/mol. The zero-order chi connectivity index (χ0) is 20.5. The van der Waals surface area contributed by atoms with Crippen molar-refractivity contribution in [2.75, 3.05) is 6.54 Å². The van der Waals surface area contributed by atoms with Crippen LogP contribution < -0.4 is 0 Å². The number of carbonyl (C=O) groups is 1. The van der Waals surface area contributed by atoms with Gasteiger partial charge in [0.1, 0.15) is 6.26 Å². The number of hydrogen-bond donors (Lipinski definition) is 0. The lowest BCUT2D eigenvalue weighted by atomic mass is 10.1. The molecule has 28 heavy (non-hydrogen) atoms. The molecule has 1 aliphatic heterocycles. The van der Waals surface area contributed by atoms with E-state index in [0.29, 0.717) is 12.4 Å². The van der Waals surface area contributed by atoms with Gasteiger partial charge in [-0.15, -0.1) is 11.3 Å². The highest BCUT2D eigenvalue weighted by Gasteiger charge is 2.20. The fourth-order valence-electron chi connectivity index (χ4n) is 2.67. The van der Waals surface area contributed by atoms with E-state index in [1.54, 1.807) is 22.5 Å². The first-order valence-electron chi connectivity index (χ1n) is 9.23. The molecule has 1 aliphatic rings. The molecule has 2 aromatic heterocycles. The summed E-state index contributed by atoms with van der Waals surface area (Å²) in [7, 11) is 0. The molecule has 1 aromatic carbocycles. The first-order valence-corrected chi connectivity index (χ1v) is 10.4. The Bertz CT molecular complexity index is 902. The van der Waals surface area contributed by atoms with Gasteiger partial charge in [-0.1, -0.05) is 50.2 Å². The molecule has 0 atom stereocenters. The number of thiophene rings is 1. The van der Waals surface area contributed by atoms with Crippen LogP contribution in [0.1, 0.15) is 30.0 Å². The third-order valence-electron chi connectivity index (χ3n) is 3.98. The Labute approximate surface area is 175 Å². The van der Waals surface area contributed by atoms with Crippen molar-refractivity contribution in [1.29, 1.82) is 0 Å². The van der Waals surface area contributed by atoms with Crippen LogP contribution in [0.2, 0.25) is 4.34 Å². The number of carbonyl (C=O) groups excluding carboxylic acids is 1. The molecule has 0 fully saturated rings. The normalized spacial score (nSPS) is 12.1. The minimum Gasteiger partial charge on any atom is -0.444 e. The Morgan fingerprint density at radius 3 is 2.64 bits per heavy atom. The number of oxazole rings is 1. The summed E-state index contributed by atoms with van der Waals surface area (Å²) in [5, 5.41) is 0. The van der Waals surface area contributed by atoms with E-state index in [4.69, 9.17) is 16.0 Å². The van der Waals surface area contributed by atoms with Crippen LogP contribution in [0.25, 0.3) is 11.5 Å². The highest BCUT2D eigenvalue weighted by atomic mass is 35.5. The number of halogens is 1. The van der Waals surface area contributed by atoms with Gasteiger partial charge in [-0.25, -0.2) is 4.98 Å². The van der Waals surface area contributed by atoms with Gasteiger partial charge in [0, 0.05) is 17.0 Å². The van der Waals surface area contributed by atoms with E-state index >= 15 is 0 Å². The van der Waals surface area contributed by atoms with Gasteiger partial charge >= 0.3 is 0 Å². The van der Waals surface area contributed by atoms with Crippen LogP contribution >= 0.6 is 22.9 Å². The molecule has 0 N–H and O–H groups in total. The van der Waals surface area contributed by atoms with Crippen LogP contribution in [-0.2, 0) is 17.8 Å². The Morgan fingerprint density at radius 2 is 2.04 bits per heavy atom. The minimum absolute atomic E-state index is 0.000160. The molecule has 0 aliphatic carbocycles. The van der Waals surface area contributed by atoms with Crippen molar-refractivity contribution >= 4 is 28.8 Å². The molecule has 4 nitrogen and oxygen atoms in total. The maximum atomic E-state index is 11.4. The maximum absolute atomic E-state index is 11.4. The largest absolute Gasteiger partial charge is 0.444 e. The van der Waals surface area contributed by atoms with Gasteiger partial charge in [0.2, 0.25) is 11.8 Å². The lowest BCUT2D eigenvalue weighted by Gasteiger charge is -2.25. The molecule has 3 heterocycles. The molecule has 0 unspecified atom stereocenters. The monoisotopic (exact) mass is 416 g/mol. The highest BCUT2D eigenvalue weighted by Crippen LogP contribution is 2.31. The lowest BCUT2D eigenvalue weighted by Crippen LogP contribution is -2.33. The molecule has 3 aromatic rings. The molecule has 0 saturated carbocycles. The molecule has 0 bridgehead atoms. The lowest BCUT2D eigenvalue weighted by molar-refractivity contribution is -0.126. The summed E-state index contributed by atoms with van der Waals surface area (Å²) >= 11 is 7.47. The van der Waals surface area contributed by atoms with Crippen molar-refractivity contribution in [3.63, 3.8) is 0 Å². The van der Waals surface area contributed by atoms with E-state index in [2.05, 4.69) is 11.6 Å². The Hall–Kier alpha value is -2.37. The van der Waals surface area contributed by atoms with Gasteiger partial charge in [0.05, 0.1) is 16.6 Å². The van der Waals surface area contributed by atoms with Crippen LogP contribution in [0.15, 0.2) is 59.7 Å². The summed E-state index contributed by atoms with van der Waals surface area (Å²) in [5.74, 6) is 0.688. The average molecular weight is 417 g/mol. The van der Waals surface area contributed by atoms with E-state index in [1.165, 1.54) is 16.5 Å². The van der Waals surface area contributed by atoms with Crippen LogP contribution in [0.5, 0.6) is 0 Å². The summed E-state index contributed by atoms with van der Waals surface area (Å²) in [6.07, 6.45) is 3.92. The van der Waals surface area contributed by atoms with Crippen LogP contribution in [-0.4, -0.2) is 22.3 Å². The summed E-state index contributed by atoms with van der Waals surface area (Å²) < 4.78 is 6.05. The predicted octanol–water partition coefficient (Wildman–Crippen LogP) is 6.15. The van der Waals surface area contributed by atoms with Gasteiger partial charge in [0.15, 0.2) is 0 Å². The number of aryl methyl sites for hydroxylation is 1. The van der Waals surface area contributed by atoms with E-state index in [9.17, 15) is 4.79 Å². The number of amides is 1. The van der Waals surface area contributed by atoms with Gasteiger partial charge < -0.3 is 9.32 Å². The van der Waals surface area contributed by atoms with Crippen molar-refractivity contribution in [1.82, 2.24) is 9.88 Å². The van der Waals surface area contributed by atoms with Gasteiger partial charge in [-0.3, -0.25) is 4.79 Å². The number of aromatic nitrogens is 1. The molecule has 1 amide bonds. The fraction of sp³-hybridized carbons (Fsp3) is 0.273. The van der Waals surface area contributed by atoms with Crippen molar-refractivity contribution in [3.05, 3.63) is 75.8 Å². The minimum atomic E-state index is 0.000160. The second-order valence-electron chi connectivity index (χ2n) is 5.87. The van der Waals surface area contributed by atoms with Crippen LogP contribution in [0.3, 0.4) is 0 Å². The second-order valence-corrected chi connectivity index (χ2v) is 7.64.